The Morgan fingerprint density at radius 3 is 2.53 bits per heavy atom. The predicted molar refractivity (Wildman–Crippen MR) is 72.6 cm³/mol. The molecule has 0 heterocycles. The standard InChI is InChI=1S/C14H18N2O3/c1-2-8-16(11-14(18)19)10-13(17)15-9-12-6-4-3-5-7-12/h2-7H,1,8-11H2,(H,15,17)(H,18,19). The van der Waals surface area contributed by atoms with Crippen molar-refractivity contribution in [2.24, 2.45) is 0 Å². The maximum atomic E-state index is 11.7. The Balaban J connectivity index is 2.39. The van der Waals surface area contributed by atoms with Gasteiger partial charge in [-0.25, -0.2) is 0 Å². The minimum Gasteiger partial charge on any atom is -0.480 e. The van der Waals surface area contributed by atoms with E-state index in [4.69, 9.17) is 5.11 Å². The zero-order valence-corrected chi connectivity index (χ0v) is 10.7. The molecule has 102 valence electrons. The lowest BCUT2D eigenvalue weighted by atomic mass is 10.2. The number of rotatable bonds is 8. The molecule has 1 aromatic rings. The van der Waals surface area contributed by atoms with Gasteiger partial charge in [-0.15, -0.1) is 6.58 Å². The molecule has 0 aliphatic rings. The van der Waals surface area contributed by atoms with Gasteiger partial charge in [0.15, 0.2) is 0 Å². The highest BCUT2D eigenvalue weighted by Gasteiger charge is 2.12. The quantitative estimate of drug-likeness (QED) is 0.682. The number of carboxylic acid groups (broad SMARTS) is 1. The SMILES string of the molecule is C=CCN(CC(=O)O)CC(=O)NCc1ccccc1. The number of hydrogen-bond donors (Lipinski definition) is 2. The van der Waals surface area contributed by atoms with E-state index in [2.05, 4.69) is 11.9 Å². The number of nitrogens with one attached hydrogen (secondary N) is 1. The van der Waals surface area contributed by atoms with Crippen LogP contribution in [-0.2, 0) is 16.1 Å². The number of amides is 1. The van der Waals surface area contributed by atoms with Gasteiger partial charge < -0.3 is 10.4 Å². The van der Waals surface area contributed by atoms with E-state index in [1.165, 1.54) is 4.90 Å². The molecule has 0 atom stereocenters. The summed E-state index contributed by atoms with van der Waals surface area (Å²) < 4.78 is 0. The topological polar surface area (TPSA) is 69.6 Å². The fraction of sp³-hybridized carbons (Fsp3) is 0.286. The van der Waals surface area contributed by atoms with Crippen LogP contribution in [0.1, 0.15) is 5.56 Å². The molecule has 1 amide bonds. The largest absolute Gasteiger partial charge is 0.480 e. The van der Waals surface area contributed by atoms with Crippen LogP contribution in [0.3, 0.4) is 0 Å². The van der Waals surface area contributed by atoms with Crippen molar-refractivity contribution in [3.8, 4) is 0 Å². The van der Waals surface area contributed by atoms with Crippen LogP contribution >= 0.6 is 0 Å². The molecular formula is C14H18N2O3. The molecule has 0 aromatic heterocycles. The molecule has 0 aliphatic carbocycles. The molecule has 1 aromatic carbocycles. The first kappa shape index (κ1) is 14.9. The number of hydrogen-bond acceptors (Lipinski definition) is 3. The van der Waals surface area contributed by atoms with Crippen molar-refractivity contribution < 1.29 is 14.7 Å². The van der Waals surface area contributed by atoms with Gasteiger partial charge in [0.25, 0.3) is 0 Å². The second-order valence-corrected chi connectivity index (χ2v) is 4.11. The number of carbonyl (C=O) groups excluding carboxylic acids is 1. The Bertz CT molecular complexity index is 432. The number of nitrogens with zero attached hydrogens (tertiary/aromatic N) is 1. The Morgan fingerprint density at radius 2 is 1.95 bits per heavy atom. The molecule has 1 rings (SSSR count). The van der Waals surface area contributed by atoms with E-state index in [1.54, 1.807) is 6.08 Å². The summed E-state index contributed by atoms with van der Waals surface area (Å²) in [7, 11) is 0. The summed E-state index contributed by atoms with van der Waals surface area (Å²) >= 11 is 0. The molecule has 0 radical (unpaired) electrons. The Morgan fingerprint density at radius 1 is 1.26 bits per heavy atom. The second kappa shape index (κ2) is 8.05. The van der Waals surface area contributed by atoms with E-state index in [-0.39, 0.29) is 19.0 Å². The van der Waals surface area contributed by atoms with Crippen molar-refractivity contribution in [3.05, 3.63) is 48.6 Å². The molecule has 2 N–H and O–H groups in total. The predicted octanol–water partition coefficient (Wildman–Crippen LogP) is 0.875. The summed E-state index contributed by atoms with van der Waals surface area (Å²) in [5.74, 6) is -1.16. The van der Waals surface area contributed by atoms with E-state index >= 15 is 0 Å². The van der Waals surface area contributed by atoms with Gasteiger partial charge in [-0.1, -0.05) is 36.4 Å². The van der Waals surface area contributed by atoms with Gasteiger partial charge in [0.1, 0.15) is 0 Å². The normalized spacial score (nSPS) is 10.2. The lowest BCUT2D eigenvalue weighted by Crippen LogP contribution is -2.39. The zero-order chi connectivity index (χ0) is 14.1. The number of carbonyl (C=O) groups is 2. The number of carboxylic acids is 1. The van der Waals surface area contributed by atoms with Gasteiger partial charge in [0.05, 0.1) is 13.1 Å². The molecule has 0 saturated heterocycles. The first-order valence-corrected chi connectivity index (χ1v) is 5.97. The minimum atomic E-state index is -0.960. The molecule has 0 unspecified atom stereocenters. The Kier molecular flexibility index (Phi) is 6.32. The second-order valence-electron chi connectivity index (χ2n) is 4.11. The lowest BCUT2D eigenvalue weighted by Gasteiger charge is -2.17. The van der Waals surface area contributed by atoms with Gasteiger partial charge in [-0.05, 0) is 5.56 Å². The van der Waals surface area contributed by atoms with Crippen LogP contribution in [0.2, 0.25) is 0 Å². The first-order chi connectivity index (χ1) is 9.11. The third-order valence-electron chi connectivity index (χ3n) is 2.45. The fourth-order valence-corrected chi connectivity index (χ4v) is 1.61. The van der Waals surface area contributed by atoms with Crippen LogP contribution < -0.4 is 5.32 Å². The highest BCUT2D eigenvalue weighted by molar-refractivity contribution is 5.79. The van der Waals surface area contributed by atoms with Gasteiger partial charge >= 0.3 is 5.97 Å². The van der Waals surface area contributed by atoms with Crippen LogP contribution in [0.25, 0.3) is 0 Å². The smallest absolute Gasteiger partial charge is 0.317 e. The van der Waals surface area contributed by atoms with Crippen molar-refractivity contribution in [1.29, 1.82) is 0 Å². The number of benzene rings is 1. The highest BCUT2D eigenvalue weighted by atomic mass is 16.4. The van der Waals surface area contributed by atoms with E-state index in [9.17, 15) is 9.59 Å². The summed E-state index contributed by atoms with van der Waals surface area (Å²) in [4.78, 5) is 23.9. The van der Waals surface area contributed by atoms with Crippen LogP contribution in [0.15, 0.2) is 43.0 Å². The van der Waals surface area contributed by atoms with Gasteiger partial charge in [0, 0.05) is 13.1 Å². The maximum absolute atomic E-state index is 11.7. The van der Waals surface area contributed by atoms with Crippen molar-refractivity contribution in [3.63, 3.8) is 0 Å². The summed E-state index contributed by atoms with van der Waals surface area (Å²) in [6.45, 7) is 4.22. The maximum Gasteiger partial charge on any atom is 0.317 e. The lowest BCUT2D eigenvalue weighted by molar-refractivity contribution is -0.138. The Labute approximate surface area is 112 Å². The molecule has 0 fully saturated rings. The van der Waals surface area contributed by atoms with Crippen molar-refractivity contribution in [2.75, 3.05) is 19.6 Å². The molecule has 0 saturated carbocycles. The van der Waals surface area contributed by atoms with Crippen LogP contribution in [-0.4, -0.2) is 41.5 Å². The first-order valence-electron chi connectivity index (χ1n) is 5.97. The average molecular weight is 262 g/mol. The van der Waals surface area contributed by atoms with Gasteiger partial charge in [0.2, 0.25) is 5.91 Å². The van der Waals surface area contributed by atoms with E-state index in [0.717, 1.165) is 5.56 Å². The number of aliphatic carboxylic acids is 1. The van der Waals surface area contributed by atoms with Crippen molar-refractivity contribution >= 4 is 11.9 Å². The summed E-state index contributed by atoms with van der Waals surface area (Å²) in [6, 6.07) is 9.54. The third-order valence-corrected chi connectivity index (χ3v) is 2.45. The average Bonchev–Trinajstić information content (AvgIpc) is 2.37. The van der Waals surface area contributed by atoms with Crippen molar-refractivity contribution in [2.45, 2.75) is 6.54 Å². The molecule has 0 aliphatic heterocycles. The highest BCUT2D eigenvalue weighted by Crippen LogP contribution is 1.97. The van der Waals surface area contributed by atoms with E-state index < -0.39 is 5.97 Å². The zero-order valence-electron chi connectivity index (χ0n) is 10.7. The summed E-state index contributed by atoms with van der Waals surface area (Å²) in [5, 5.41) is 11.5. The fourth-order valence-electron chi connectivity index (χ4n) is 1.61. The Hall–Kier alpha value is -2.14. The van der Waals surface area contributed by atoms with E-state index in [1.807, 2.05) is 30.3 Å². The van der Waals surface area contributed by atoms with Gasteiger partial charge in [-0.2, -0.15) is 0 Å². The third kappa shape index (κ3) is 6.38. The molecule has 19 heavy (non-hydrogen) atoms. The van der Waals surface area contributed by atoms with Crippen LogP contribution in [0, 0.1) is 0 Å². The minimum absolute atomic E-state index is 0.0468. The van der Waals surface area contributed by atoms with E-state index in [0.29, 0.717) is 13.1 Å². The molecule has 5 nitrogen and oxygen atoms in total. The van der Waals surface area contributed by atoms with Gasteiger partial charge in [-0.3, -0.25) is 14.5 Å². The molecular weight excluding hydrogens is 244 g/mol. The molecule has 0 bridgehead atoms. The molecule has 5 heteroatoms. The van der Waals surface area contributed by atoms with Crippen molar-refractivity contribution in [1.82, 2.24) is 10.2 Å². The van der Waals surface area contributed by atoms with Crippen LogP contribution in [0.4, 0.5) is 0 Å². The molecule has 0 spiro atoms. The summed E-state index contributed by atoms with van der Waals surface area (Å²) in [5.41, 5.74) is 1.00. The van der Waals surface area contributed by atoms with Crippen LogP contribution in [0.5, 0.6) is 0 Å². The monoisotopic (exact) mass is 262 g/mol. The summed E-state index contributed by atoms with van der Waals surface area (Å²) in [6.07, 6.45) is 1.58.